The van der Waals surface area contributed by atoms with Gasteiger partial charge in [-0.15, -0.1) is 5.10 Å². The zero-order valence-electron chi connectivity index (χ0n) is 8.90. The topological polar surface area (TPSA) is 75.2 Å². The monoisotopic (exact) mass is 236 g/mol. The lowest BCUT2D eigenvalue weighted by atomic mass is 10.2. The average Bonchev–Trinajstić information content (AvgIpc) is 2.66. The number of carboxylic acid groups (broad SMARTS) is 1. The highest BCUT2D eigenvalue weighted by molar-refractivity contribution is 5.90. The number of nitrogens with one attached hydrogen (secondary N) is 1. The number of H-pyrrole nitrogens is 1. The highest BCUT2D eigenvalue weighted by atomic mass is 19.1. The van der Waals surface area contributed by atoms with Crippen LogP contribution in [0, 0.1) is 12.7 Å². The maximum atomic E-state index is 12.9. The summed E-state index contributed by atoms with van der Waals surface area (Å²) in [7, 11) is 0. The molecule has 1 aromatic carbocycles. The van der Waals surface area contributed by atoms with Gasteiger partial charge in [-0.1, -0.05) is 0 Å². The Bertz CT molecular complexity index is 566. The van der Waals surface area contributed by atoms with Crippen molar-refractivity contribution in [3.63, 3.8) is 0 Å². The van der Waals surface area contributed by atoms with Crippen molar-refractivity contribution >= 4 is 5.97 Å². The first-order valence-corrected chi connectivity index (χ1v) is 4.79. The Morgan fingerprint density at radius 3 is 2.82 bits per heavy atom. The van der Waals surface area contributed by atoms with Gasteiger partial charge in [0.05, 0.1) is 0 Å². The van der Waals surface area contributed by atoms with Crippen molar-refractivity contribution in [3.8, 4) is 11.6 Å². The third kappa shape index (κ3) is 2.41. The summed E-state index contributed by atoms with van der Waals surface area (Å²) < 4.78 is 18.2. The van der Waals surface area contributed by atoms with E-state index >= 15 is 0 Å². The standard InChI is InChI=1S/C11H9FN2O3/c1-6-4-10(14-13-6)17-9-3-2-7(12)5-8(9)11(15)16/h2-5H,1H3,(H,13,14)(H,15,16). The molecule has 2 N–H and O–H groups in total. The van der Waals surface area contributed by atoms with Crippen molar-refractivity contribution < 1.29 is 19.0 Å². The SMILES string of the molecule is Cc1cc(Oc2ccc(F)cc2C(=O)O)n[nH]1. The van der Waals surface area contributed by atoms with E-state index in [2.05, 4.69) is 10.2 Å². The second kappa shape index (κ2) is 4.25. The highest BCUT2D eigenvalue weighted by Crippen LogP contribution is 2.25. The number of hydrogen-bond donors (Lipinski definition) is 2. The number of hydrogen-bond acceptors (Lipinski definition) is 3. The van der Waals surface area contributed by atoms with Crippen LogP contribution in [-0.2, 0) is 0 Å². The molecule has 1 heterocycles. The van der Waals surface area contributed by atoms with Crippen molar-refractivity contribution in [2.24, 2.45) is 0 Å². The van der Waals surface area contributed by atoms with Crippen LogP contribution in [-0.4, -0.2) is 21.3 Å². The molecule has 2 rings (SSSR count). The third-order valence-electron chi connectivity index (χ3n) is 2.07. The van der Waals surface area contributed by atoms with Crippen molar-refractivity contribution in [3.05, 3.63) is 41.3 Å². The number of carboxylic acids is 1. The van der Waals surface area contributed by atoms with Crippen molar-refractivity contribution in [1.29, 1.82) is 0 Å². The predicted molar refractivity (Wildman–Crippen MR) is 56.8 cm³/mol. The van der Waals surface area contributed by atoms with E-state index in [4.69, 9.17) is 9.84 Å². The summed E-state index contributed by atoms with van der Waals surface area (Å²) >= 11 is 0. The normalized spacial score (nSPS) is 10.2. The van der Waals surface area contributed by atoms with Gasteiger partial charge in [-0.3, -0.25) is 5.10 Å². The van der Waals surface area contributed by atoms with E-state index in [-0.39, 0.29) is 17.2 Å². The van der Waals surface area contributed by atoms with Gasteiger partial charge in [0.1, 0.15) is 17.1 Å². The molecule has 5 nitrogen and oxygen atoms in total. The molecule has 6 heteroatoms. The van der Waals surface area contributed by atoms with Gasteiger partial charge in [0.25, 0.3) is 0 Å². The lowest BCUT2D eigenvalue weighted by molar-refractivity contribution is 0.0693. The van der Waals surface area contributed by atoms with Gasteiger partial charge >= 0.3 is 5.97 Å². The number of carbonyl (C=O) groups is 1. The summed E-state index contributed by atoms with van der Waals surface area (Å²) in [6.07, 6.45) is 0. The molecule has 0 atom stereocenters. The summed E-state index contributed by atoms with van der Waals surface area (Å²) in [5.41, 5.74) is 0.532. The maximum absolute atomic E-state index is 12.9. The molecule has 0 aliphatic heterocycles. The van der Waals surface area contributed by atoms with Gasteiger partial charge in [-0.05, 0) is 25.1 Å². The van der Waals surface area contributed by atoms with Gasteiger partial charge in [-0.2, -0.15) is 0 Å². The molecular weight excluding hydrogens is 227 g/mol. The Hall–Kier alpha value is -2.37. The second-order valence-electron chi connectivity index (χ2n) is 3.44. The average molecular weight is 236 g/mol. The molecule has 88 valence electrons. The molecule has 0 bridgehead atoms. The van der Waals surface area contributed by atoms with Gasteiger partial charge < -0.3 is 9.84 Å². The Balaban J connectivity index is 2.35. The minimum absolute atomic E-state index is 0.0467. The number of aryl methyl sites for hydroxylation is 1. The fraction of sp³-hybridized carbons (Fsp3) is 0.0909. The van der Waals surface area contributed by atoms with E-state index in [1.807, 2.05) is 0 Å². The zero-order valence-corrected chi connectivity index (χ0v) is 8.90. The summed E-state index contributed by atoms with van der Waals surface area (Å²) in [6, 6.07) is 4.89. The van der Waals surface area contributed by atoms with Gasteiger partial charge in [0.15, 0.2) is 0 Å². The van der Waals surface area contributed by atoms with E-state index < -0.39 is 11.8 Å². The fourth-order valence-corrected chi connectivity index (χ4v) is 1.32. The molecule has 17 heavy (non-hydrogen) atoms. The molecular formula is C11H9FN2O3. The summed E-state index contributed by atoms with van der Waals surface area (Å²) in [6.45, 7) is 1.78. The van der Waals surface area contributed by atoms with Crippen LogP contribution in [0.15, 0.2) is 24.3 Å². The van der Waals surface area contributed by atoms with Crippen molar-refractivity contribution in [1.82, 2.24) is 10.2 Å². The number of aromatic carboxylic acids is 1. The van der Waals surface area contributed by atoms with Crippen LogP contribution in [0.1, 0.15) is 16.1 Å². The molecule has 0 fully saturated rings. The second-order valence-corrected chi connectivity index (χ2v) is 3.44. The first-order chi connectivity index (χ1) is 8.06. The Morgan fingerprint density at radius 2 is 2.24 bits per heavy atom. The smallest absolute Gasteiger partial charge is 0.339 e. The molecule has 2 aromatic rings. The van der Waals surface area contributed by atoms with Crippen LogP contribution in [0.2, 0.25) is 0 Å². The van der Waals surface area contributed by atoms with E-state index in [0.29, 0.717) is 0 Å². The molecule has 0 aliphatic rings. The lowest BCUT2D eigenvalue weighted by Crippen LogP contribution is -2.00. The summed E-state index contributed by atoms with van der Waals surface area (Å²) in [5.74, 6) is -1.61. The molecule has 0 spiro atoms. The van der Waals surface area contributed by atoms with Crippen molar-refractivity contribution in [2.75, 3.05) is 0 Å². The number of nitrogens with zero attached hydrogens (tertiary/aromatic N) is 1. The molecule has 0 unspecified atom stereocenters. The van der Waals surface area contributed by atoms with E-state index in [1.54, 1.807) is 13.0 Å². The van der Waals surface area contributed by atoms with Gasteiger partial charge in [0.2, 0.25) is 5.88 Å². The first-order valence-electron chi connectivity index (χ1n) is 4.79. The Kier molecular flexibility index (Phi) is 2.78. The van der Waals surface area contributed by atoms with Crippen LogP contribution in [0.4, 0.5) is 4.39 Å². The number of halogens is 1. The Labute approximate surface area is 95.9 Å². The molecule has 0 radical (unpaired) electrons. The summed E-state index contributed by atoms with van der Waals surface area (Å²) in [4.78, 5) is 10.9. The van der Waals surface area contributed by atoms with Crippen LogP contribution < -0.4 is 4.74 Å². The predicted octanol–water partition coefficient (Wildman–Crippen LogP) is 2.35. The Morgan fingerprint density at radius 1 is 1.47 bits per heavy atom. The lowest BCUT2D eigenvalue weighted by Gasteiger charge is -2.05. The molecule has 0 saturated heterocycles. The number of benzene rings is 1. The third-order valence-corrected chi connectivity index (χ3v) is 2.07. The van der Waals surface area contributed by atoms with E-state index in [9.17, 15) is 9.18 Å². The highest BCUT2D eigenvalue weighted by Gasteiger charge is 2.14. The molecule has 1 aromatic heterocycles. The number of aromatic nitrogens is 2. The summed E-state index contributed by atoms with van der Waals surface area (Å²) in [5, 5.41) is 15.4. The number of ether oxygens (including phenoxy) is 1. The van der Waals surface area contributed by atoms with Gasteiger partial charge in [0, 0.05) is 11.8 Å². The minimum atomic E-state index is -1.26. The maximum Gasteiger partial charge on any atom is 0.339 e. The van der Waals surface area contributed by atoms with Crippen LogP contribution >= 0.6 is 0 Å². The van der Waals surface area contributed by atoms with E-state index in [1.165, 1.54) is 6.07 Å². The van der Waals surface area contributed by atoms with Crippen LogP contribution in [0.25, 0.3) is 0 Å². The van der Waals surface area contributed by atoms with Crippen molar-refractivity contribution in [2.45, 2.75) is 6.92 Å². The molecule has 0 saturated carbocycles. The van der Waals surface area contributed by atoms with Gasteiger partial charge in [-0.25, -0.2) is 9.18 Å². The largest absolute Gasteiger partial charge is 0.478 e. The number of aromatic amines is 1. The molecule has 0 amide bonds. The quantitative estimate of drug-likeness (QED) is 0.857. The van der Waals surface area contributed by atoms with Crippen LogP contribution in [0.5, 0.6) is 11.6 Å². The fourth-order valence-electron chi connectivity index (χ4n) is 1.32. The zero-order chi connectivity index (χ0) is 12.4. The van der Waals surface area contributed by atoms with Crippen LogP contribution in [0.3, 0.4) is 0 Å². The minimum Gasteiger partial charge on any atom is -0.478 e. The number of rotatable bonds is 3. The molecule has 0 aliphatic carbocycles. The first kappa shape index (κ1) is 11.1. The van der Waals surface area contributed by atoms with E-state index in [0.717, 1.165) is 17.8 Å².